The van der Waals surface area contributed by atoms with Crippen LogP contribution in [0.3, 0.4) is 0 Å². The molecule has 1 aromatic carbocycles. The number of nitrogens with one attached hydrogen (secondary N) is 1. The average Bonchev–Trinajstić information content (AvgIpc) is 2.72. The van der Waals surface area contributed by atoms with Crippen molar-refractivity contribution in [3.8, 4) is 0 Å². The van der Waals surface area contributed by atoms with E-state index in [-0.39, 0.29) is 0 Å². The molecule has 0 fully saturated rings. The highest BCUT2D eigenvalue weighted by atomic mass is 32.2. The van der Waals surface area contributed by atoms with Gasteiger partial charge in [0.05, 0.1) is 6.54 Å². The Morgan fingerprint density at radius 3 is 2.47 bits per heavy atom. The standard InChI is InChI=1S/C14H20N2S/c1-9(2)12-8-15-14(17-12)16-13-10(3)6-5-7-11(13)4/h5-7,9,12H,8H2,1-4H3,(H,15,16). The molecule has 0 aliphatic carbocycles. The Hall–Kier alpha value is -0.960. The number of aliphatic imine (C=N–C) groups is 1. The van der Waals surface area contributed by atoms with E-state index in [1.807, 2.05) is 11.8 Å². The van der Waals surface area contributed by atoms with E-state index >= 15 is 0 Å². The highest BCUT2D eigenvalue weighted by Gasteiger charge is 2.22. The molecule has 92 valence electrons. The molecule has 0 aromatic heterocycles. The van der Waals surface area contributed by atoms with Gasteiger partial charge in [0.1, 0.15) is 0 Å². The maximum atomic E-state index is 4.58. The van der Waals surface area contributed by atoms with E-state index in [1.54, 1.807) is 0 Å². The van der Waals surface area contributed by atoms with Crippen LogP contribution in [0.25, 0.3) is 0 Å². The summed E-state index contributed by atoms with van der Waals surface area (Å²) in [5.41, 5.74) is 3.77. The second-order valence-electron chi connectivity index (χ2n) is 4.94. The SMILES string of the molecule is Cc1cccc(C)c1NC1=NCC(C(C)C)S1. The maximum absolute atomic E-state index is 4.58. The van der Waals surface area contributed by atoms with Crippen molar-refractivity contribution in [3.63, 3.8) is 0 Å². The number of hydrogen-bond acceptors (Lipinski definition) is 3. The fourth-order valence-electron chi connectivity index (χ4n) is 1.93. The van der Waals surface area contributed by atoms with E-state index in [4.69, 9.17) is 0 Å². The van der Waals surface area contributed by atoms with Gasteiger partial charge in [-0.25, -0.2) is 0 Å². The van der Waals surface area contributed by atoms with Crippen molar-refractivity contribution in [1.82, 2.24) is 0 Å². The van der Waals surface area contributed by atoms with E-state index < -0.39 is 0 Å². The second-order valence-corrected chi connectivity index (χ2v) is 6.17. The Kier molecular flexibility index (Phi) is 3.77. The minimum Gasteiger partial charge on any atom is -0.335 e. The van der Waals surface area contributed by atoms with Crippen molar-refractivity contribution >= 4 is 22.6 Å². The van der Waals surface area contributed by atoms with Gasteiger partial charge in [0.15, 0.2) is 5.17 Å². The lowest BCUT2D eigenvalue weighted by Crippen LogP contribution is -2.13. The highest BCUT2D eigenvalue weighted by Crippen LogP contribution is 2.29. The zero-order valence-electron chi connectivity index (χ0n) is 10.9. The summed E-state index contributed by atoms with van der Waals surface area (Å²) in [5, 5.41) is 5.17. The molecule has 1 atom stereocenters. The largest absolute Gasteiger partial charge is 0.335 e. The van der Waals surface area contributed by atoms with Crippen LogP contribution in [0.2, 0.25) is 0 Å². The average molecular weight is 248 g/mol. The predicted molar refractivity (Wildman–Crippen MR) is 78.1 cm³/mol. The summed E-state index contributed by atoms with van der Waals surface area (Å²) in [6.07, 6.45) is 0. The lowest BCUT2D eigenvalue weighted by atomic mass is 10.1. The normalized spacial score (nSPS) is 19.6. The number of anilines is 1. The maximum Gasteiger partial charge on any atom is 0.161 e. The van der Waals surface area contributed by atoms with Gasteiger partial charge in [-0.05, 0) is 30.9 Å². The number of amidine groups is 1. The molecule has 1 N–H and O–H groups in total. The van der Waals surface area contributed by atoms with Crippen molar-refractivity contribution in [1.29, 1.82) is 0 Å². The van der Waals surface area contributed by atoms with Crippen LogP contribution in [0, 0.1) is 19.8 Å². The van der Waals surface area contributed by atoms with Crippen molar-refractivity contribution in [2.75, 3.05) is 11.9 Å². The third-order valence-corrected chi connectivity index (χ3v) is 4.59. The summed E-state index contributed by atoms with van der Waals surface area (Å²) in [6.45, 7) is 9.73. The minimum atomic E-state index is 0.627. The highest BCUT2D eigenvalue weighted by molar-refractivity contribution is 8.15. The van der Waals surface area contributed by atoms with Gasteiger partial charge < -0.3 is 5.32 Å². The zero-order valence-corrected chi connectivity index (χ0v) is 11.8. The third kappa shape index (κ3) is 2.83. The van der Waals surface area contributed by atoms with Crippen molar-refractivity contribution < 1.29 is 0 Å². The number of rotatable bonds is 2. The van der Waals surface area contributed by atoms with Gasteiger partial charge in [-0.1, -0.05) is 43.8 Å². The molecule has 1 heterocycles. The molecular formula is C14H20N2S. The fraction of sp³-hybridized carbons (Fsp3) is 0.500. The number of thioether (sulfide) groups is 1. The molecule has 3 heteroatoms. The quantitative estimate of drug-likeness (QED) is 0.860. The van der Waals surface area contributed by atoms with Gasteiger partial charge in [-0.15, -0.1) is 0 Å². The minimum absolute atomic E-state index is 0.627. The van der Waals surface area contributed by atoms with Crippen LogP contribution in [-0.4, -0.2) is 17.0 Å². The summed E-state index contributed by atoms with van der Waals surface area (Å²) < 4.78 is 0. The lowest BCUT2D eigenvalue weighted by molar-refractivity contribution is 0.621. The number of hydrogen-bond donors (Lipinski definition) is 1. The molecule has 1 aliphatic rings. The smallest absolute Gasteiger partial charge is 0.161 e. The van der Waals surface area contributed by atoms with E-state index in [0.717, 1.165) is 11.7 Å². The number of benzene rings is 1. The summed E-state index contributed by atoms with van der Waals surface area (Å²) in [7, 11) is 0. The fourth-order valence-corrected chi connectivity index (χ4v) is 2.94. The van der Waals surface area contributed by atoms with Crippen LogP contribution >= 0.6 is 11.8 Å². The molecule has 1 aromatic rings. The first kappa shape index (κ1) is 12.5. The number of nitrogens with zero attached hydrogens (tertiary/aromatic N) is 1. The lowest BCUT2D eigenvalue weighted by Gasteiger charge is -2.14. The summed E-state index contributed by atoms with van der Waals surface area (Å²) >= 11 is 1.87. The van der Waals surface area contributed by atoms with Crippen LogP contribution in [0.1, 0.15) is 25.0 Å². The van der Waals surface area contributed by atoms with E-state index in [0.29, 0.717) is 11.2 Å². The summed E-state index contributed by atoms with van der Waals surface area (Å²) in [4.78, 5) is 4.58. The first-order valence-corrected chi connectivity index (χ1v) is 7.00. The van der Waals surface area contributed by atoms with Gasteiger partial charge in [0.2, 0.25) is 0 Å². The van der Waals surface area contributed by atoms with E-state index in [2.05, 4.69) is 56.2 Å². The summed E-state index contributed by atoms with van der Waals surface area (Å²) in [5.74, 6) is 0.681. The molecule has 0 saturated carbocycles. The molecule has 0 spiro atoms. The van der Waals surface area contributed by atoms with Gasteiger partial charge in [0, 0.05) is 10.9 Å². The van der Waals surface area contributed by atoms with Crippen molar-refractivity contribution in [3.05, 3.63) is 29.3 Å². The van der Waals surface area contributed by atoms with Gasteiger partial charge in [-0.3, -0.25) is 4.99 Å². The molecule has 0 radical (unpaired) electrons. The van der Waals surface area contributed by atoms with Crippen molar-refractivity contribution in [2.24, 2.45) is 10.9 Å². The van der Waals surface area contributed by atoms with Crippen LogP contribution in [0.4, 0.5) is 5.69 Å². The van der Waals surface area contributed by atoms with E-state index in [9.17, 15) is 0 Å². The third-order valence-electron chi connectivity index (χ3n) is 3.13. The van der Waals surface area contributed by atoms with Gasteiger partial charge in [-0.2, -0.15) is 0 Å². The molecule has 2 rings (SSSR count). The molecule has 17 heavy (non-hydrogen) atoms. The van der Waals surface area contributed by atoms with Gasteiger partial charge in [0.25, 0.3) is 0 Å². The van der Waals surface area contributed by atoms with Crippen LogP contribution in [0.5, 0.6) is 0 Å². The molecule has 2 nitrogen and oxygen atoms in total. The summed E-state index contributed by atoms with van der Waals surface area (Å²) in [6, 6.07) is 6.36. The van der Waals surface area contributed by atoms with Crippen LogP contribution in [-0.2, 0) is 0 Å². The molecule has 1 unspecified atom stereocenters. The second kappa shape index (κ2) is 5.13. The van der Waals surface area contributed by atoms with E-state index in [1.165, 1.54) is 16.8 Å². The number of aryl methyl sites for hydroxylation is 2. The van der Waals surface area contributed by atoms with Crippen LogP contribution < -0.4 is 5.32 Å². The molecule has 1 aliphatic heterocycles. The Morgan fingerprint density at radius 2 is 1.94 bits per heavy atom. The topological polar surface area (TPSA) is 24.4 Å². The first-order valence-electron chi connectivity index (χ1n) is 6.12. The number of para-hydroxylation sites is 1. The molecule has 0 amide bonds. The molecule has 0 saturated heterocycles. The predicted octanol–water partition coefficient (Wildman–Crippen LogP) is 3.84. The first-order chi connectivity index (χ1) is 8.08. The monoisotopic (exact) mass is 248 g/mol. The van der Waals surface area contributed by atoms with Gasteiger partial charge >= 0.3 is 0 Å². The molecular weight excluding hydrogens is 228 g/mol. The van der Waals surface area contributed by atoms with Crippen LogP contribution in [0.15, 0.2) is 23.2 Å². The Bertz CT molecular complexity index is 418. The Morgan fingerprint density at radius 1 is 1.29 bits per heavy atom. The zero-order chi connectivity index (χ0) is 12.4. The Labute approximate surface area is 108 Å². The Balaban J connectivity index is 2.08. The van der Waals surface area contributed by atoms with Crippen molar-refractivity contribution in [2.45, 2.75) is 32.9 Å². The molecule has 0 bridgehead atoms.